The SMILES string of the molecule is CN1CC(C2CCCCC2)NCC1C1CC1. The molecule has 2 heteroatoms. The minimum Gasteiger partial charge on any atom is -0.311 e. The third-order valence-electron chi connectivity index (χ3n) is 5.03. The van der Waals surface area contributed by atoms with Crippen molar-refractivity contribution in [3.05, 3.63) is 0 Å². The summed E-state index contributed by atoms with van der Waals surface area (Å²) in [4.78, 5) is 2.65. The fraction of sp³-hybridized carbons (Fsp3) is 1.00. The molecule has 1 saturated heterocycles. The Balaban J connectivity index is 1.54. The van der Waals surface area contributed by atoms with Crippen molar-refractivity contribution >= 4 is 0 Å². The molecule has 2 aliphatic carbocycles. The van der Waals surface area contributed by atoms with Crippen LogP contribution in [0.2, 0.25) is 0 Å². The zero-order valence-corrected chi connectivity index (χ0v) is 10.6. The summed E-state index contributed by atoms with van der Waals surface area (Å²) in [6.07, 6.45) is 10.3. The van der Waals surface area contributed by atoms with Gasteiger partial charge in [-0.15, -0.1) is 0 Å². The monoisotopic (exact) mass is 222 g/mol. The molecule has 92 valence electrons. The second-order valence-corrected chi connectivity index (χ2v) is 6.26. The highest BCUT2D eigenvalue weighted by atomic mass is 15.2. The van der Waals surface area contributed by atoms with E-state index in [1.165, 1.54) is 58.0 Å². The topological polar surface area (TPSA) is 15.3 Å². The molecule has 0 radical (unpaired) electrons. The summed E-state index contributed by atoms with van der Waals surface area (Å²) in [7, 11) is 2.35. The highest BCUT2D eigenvalue weighted by Gasteiger charge is 2.38. The number of nitrogens with one attached hydrogen (secondary N) is 1. The first-order valence-corrected chi connectivity index (χ1v) is 7.28. The standard InChI is InChI=1S/C14H26N2/c1-16-10-13(11-5-3-2-4-6-11)15-9-14(16)12-7-8-12/h11-15H,2-10H2,1H3. The Hall–Kier alpha value is -0.0800. The normalized spacial score (nSPS) is 38.8. The molecule has 0 aromatic rings. The van der Waals surface area contributed by atoms with Crippen LogP contribution in [0, 0.1) is 11.8 Å². The number of hydrogen-bond donors (Lipinski definition) is 1. The van der Waals surface area contributed by atoms with E-state index in [9.17, 15) is 0 Å². The Morgan fingerprint density at radius 2 is 1.69 bits per heavy atom. The van der Waals surface area contributed by atoms with E-state index in [2.05, 4.69) is 17.3 Å². The molecule has 1 heterocycles. The van der Waals surface area contributed by atoms with Crippen molar-refractivity contribution < 1.29 is 0 Å². The third-order valence-corrected chi connectivity index (χ3v) is 5.03. The summed E-state index contributed by atoms with van der Waals surface area (Å²) in [6, 6.07) is 1.64. The largest absolute Gasteiger partial charge is 0.311 e. The molecule has 0 aromatic carbocycles. The Morgan fingerprint density at radius 3 is 2.31 bits per heavy atom. The van der Waals surface area contributed by atoms with Gasteiger partial charge in [-0.05, 0) is 44.6 Å². The van der Waals surface area contributed by atoms with E-state index < -0.39 is 0 Å². The highest BCUT2D eigenvalue weighted by molar-refractivity contribution is 4.95. The van der Waals surface area contributed by atoms with Gasteiger partial charge in [0.1, 0.15) is 0 Å². The third kappa shape index (κ3) is 2.28. The van der Waals surface area contributed by atoms with Gasteiger partial charge >= 0.3 is 0 Å². The number of hydrogen-bond acceptors (Lipinski definition) is 2. The van der Waals surface area contributed by atoms with E-state index in [-0.39, 0.29) is 0 Å². The van der Waals surface area contributed by atoms with E-state index in [4.69, 9.17) is 0 Å². The minimum absolute atomic E-state index is 0.792. The van der Waals surface area contributed by atoms with Crippen molar-refractivity contribution in [3.63, 3.8) is 0 Å². The molecule has 2 unspecified atom stereocenters. The van der Waals surface area contributed by atoms with Crippen molar-refractivity contribution in [1.82, 2.24) is 10.2 Å². The molecule has 2 atom stereocenters. The predicted octanol–water partition coefficient (Wildman–Crippen LogP) is 2.25. The maximum absolute atomic E-state index is 3.85. The van der Waals surface area contributed by atoms with Gasteiger partial charge in [0, 0.05) is 25.2 Å². The van der Waals surface area contributed by atoms with Gasteiger partial charge in [0.25, 0.3) is 0 Å². The Labute approximate surface area is 99.8 Å². The summed E-state index contributed by atoms with van der Waals surface area (Å²) in [5.74, 6) is 1.99. The van der Waals surface area contributed by atoms with Crippen LogP contribution in [0.15, 0.2) is 0 Å². The van der Waals surface area contributed by atoms with Crippen molar-refractivity contribution in [1.29, 1.82) is 0 Å². The van der Waals surface area contributed by atoms with Gasteiger partial charge in [-0.3, -0.25) is 0 Å². The first-order valence-electron chi connectivity index (χ1n) is 7.28. The van der Waals surface area contributed by atoms with Gasteiger partial charge in [-0.2, -0.15) is 0 Å². The van der Waals surface area contributed by atoms with E-state index >= 15 is 0 Å². The molecule has 2 saturated carbocycles. The van der Waals surface area contributed by atoms with Crippen LogP contribution in [0.5, 0.6) is 0 Å². The van der Waals surface area contributed by atoms with Crippen molar-refractivity contribution in [2.75, 3.05) is 20.1 Å². The van der Waals surface area contributed by atoms with Crippen LogP contribution in [0.1, 0.15) is 44.9 Å². The lowest BCUT2D eigenvalue weighted by Gasteiger charge is -2.42. The van der Waals surface area contributed by atoms with E-state index in [0.717, 1.165) is 23.9 Å². The van der Waals surface area contributed by atoms with Crippen LogP contribution < -0.4 is 5.32 Å². The molecule has 16 heavy (non-hydrogen) atoms. The average molecular weight is 222 g/mol. The molecule has 1 aliphatic heterocycles. The van der Waals surface area contributed by atoms with Crippen LogP contribution in [-0.4, -0.2) is 37.1 Å². The molecule has 3 fully saturated rings. The van der Waals surface area contributed by atoms with Crippen LogP contribution in [-0.2, 0) is 0 Å². The summed E-state index contributed by atoms with van der Waals surface area (Å²) in [5, 5.41) is 3.85. The Kier molecular flexibility index (Phi) is 3.21. The van der Waals surface area contributed by atoms with E-state index in [0.29, 0.717) is 0 Å². The van der Waals surface area contributed by atoms with E-state index in [1.54, 1.807) is 0 Å². The van der Waals surface area contributed by atoms with Crippen LogP contribution in [0.25, 0.3) is 0 Å². The van der Waals surface area contributed by atoms with Gasteiger partial charge in [0.2, 0.25) is 0 Å². The zero-order chi connectivity index (χ0) is 11.0. The van der Waals surface area contributed by atoms with Gasteiger partial charge in [-0.25, -0.2) is 0 Å². The van der Waals surface area contributed by atoms with E-state index in [1.807, 2.05) is 0 Å². The number of rotatable bonds is 2. The molecule has 1 N–H and O–H groups in total. The number of likely N-dealkylation sites (N-methyl/N-ethyl adjacent to an activating group) is 1. The predicted molar refractivity (Wildman–Crippen MR) is 67.5 cm³/mol. The van der Waals surface area contributed by atoms with Crippen LogP contribution >= 0.6 is 0 Å². The lowest BCUT2D eigenvalue weighted by molar-refractivity contribution is 0.108. The maximum atomic E-state index is 3.85. The summed E-state index contributed by atoms with van der Waals surface area (Å²) in [5.41, 5.74) is 0. The lowest BCUT2D eigenvalue weighted by Crippen LogP contribution is -2.58. The Bertz CT molecular complexity index is 231. The molecule has 3 rings (SSSR count). The average Bonchev–Trinajstić information content (AvgIpc) is 3.14. The van der Waals surface area contributed by atoms with Crippen molar-refractivity contribution in [3.8, 4) is 0 Å². The molecular formula is C14H26N2. The van der Waals surface area contributed by atoms with Crippen molar-refractivity contribution in [2.24, 2.45) is 11.8 Å². The van der Waals surface area contributed by atoms with Gasteiger partial charge in [0.05, 0.1) is 0 Å². The Morgan fingerprint density at radius 1 is 0.938 bits per heavy atom. The number of nitrogens with zero attached hydrogens (tertiary/aromatic N) is 1. The molecule has 3 aliphatic rings. The van der Waals surface area contributed by atoms with Gasteiger partial charge in [-0.1, -0.05) is 19.3 Å². The van der Waals surface area contributed by atoms with Crippen LogP contribution in [0.4, 0.5) is 0 Å². The fourth-order valence-electron chi connectivity index (χ4n) is 3.80. The molecule has 0 aromatic heterocycles. The smallest absolute Gasteiger partial charge is 0.0246 e. The van der Waals surface area contributed by atoms with Crippen molar-refractivity contribution in [2.45, 2.75) is 57.0 Å². The highest BCUT2D eigenvalue weighted by Crippen LogP contribution is 2.37. The second kappa shape index (κ2) is 4.66. The zero-order valence-electron chi connectivity index (χ0n) is 10.6. The maximum Gasteiger partial charge on any atom is 0.0246 e. The van der Waals surface area contributed by atoms with Gasteiger partial charge in [0.15, 0.2) is 0 Å². The fourth-order valence-corrected chi connectivity index (χ4v) is 3.80. The second-order valence-electron chi connectivity index (χ2n) is 6.26. The first kappa shape index (κ1) is 11.0. The lowest BCUT2D eigenvalue weighted by atomic mass is 9.82. The minimum atomic E-state index is 0.792. The molecular weight excluding hydrogens is 196 g/mol. The molecule has 0 bridgehead atoms. The quantitative estimate of drug-likeness (QED) is 0.771. The summed E-state index contributed by atoms with van der Waals surface area (Å²) in [6.45, 7) is 2.55. The van der Waals surface area contributed by atoms with Crippen LogP contribution in [0.3, 0.4) is 0 Å². The molecule has 0 spiro atoms. The van der Waals surface area contributed by atoms with Gasteiger partial charge < -0.3 is 10.2 Å². The summed E-state index contributed by atoms with van der Waals surface area (Å²) < 4.78 is 0. The molecule has 2 nitrogen and oxygen atoms in total. The molecule has 0 amide bonds. The summed E-state index contributed by atoms with van der Waals surface area (Å²) >= 11 is 0. The number of piperazine rings is 1. The first-order chi connectivity index (χ1) is 7.84.